The van der Waals surface area contributed by atoms with E-state index in [0.717, 1.165) is 38.4 Å². The maximum absolute atomic E-state index is 6.17. The van der Waals surface area contributed by atoms with Gasteiger partial charge in [-0.1, -0.05) is 0 Å². The van der Waals surface area contributed by atoms with Gasteiger partial charge in [0.2, 0.25) is 0 Å². The summed E-state index contributed by atoms with van der Waals surface area (Å²) >= 11 is 0. The molecule has 2 aromatic heterocycles. The molecule has 2 aliphatic rings. The minimum Gasteiger partial charge on any atom is -0.368 e. The minimum atomic E-state index is -0.129. The molecule has 3 heterocycles. The van der Waals surface area contributed by atoms with Crippen molar-refractivity contribution in [1.29, 1.82) is 0 Å². The Morgan fingerprint density at radius 1 is 1.22 bits per heavy atom. The second-order valence-electron chi connectivity index (χ2n) is 7.72. The maximum atomic E-state index is 6.17. The van der Waals surface area contributed by atoms with Crippen molar-refractivity contribution in [3.63, 3.8) is 0 Å². The Balaban J connectivity index is 1.58. The van der Waals surface area contributed by atoms with Crippen LogP contribution in [-0.2, 0) is 0 Å². The summed E-state index contributed by atoms with van der Waals surface area (Å²) in [6, 6.07) is 0. The Morgan fingerprint density at radius 2 is 1.96 bits per heavy atom. The summed E-state index contributed by atoms with van der Waals surface area (Å²) in [7, 11) is 0. The topological polar surface area (TPSA) is 74.1 Å². The van der Waals surface area contributed by atoms with Crippen molar-refractivity contribution in [2.24, 2.45) is 5.73 Å². The van der Waals surface area contributed by atoms with Gasteiger partial charge in [0.1, 0.15) is 0 Å². The van der Waals surface area contributed by atoms with Gasteiger partial charge >= 0.3 is 0 Å². The predicted octanol–water partition coefficient (Wildman–Crippen LogP) is 1.69. The molecule has 0 bridgehead atoms. The fraction of sp³-hybridized carbons (Fsp3) is 0.647. The fourth-order valence-electron chi connectivity index (χ4n) is 3.65. The molecule has 0 radical (unpaired) electrons. The van der Waals surface area contributed by atoms with Gasteiger partial charge in [-0.05, 0) is 38.2 Å². The molecule has 124 valence electrons. The van der Waals surface area contributed by atoms with E-state index in [-0.39, 0.29) is 5.54 Å². The van der Waals surface area contributed by atoms with Gasteiger partial charge in [0.05, 0.1) is 17.3 Å². The summed E-state index contributed by atoms with van der Waals surface area (Å²) in [6.07, 6.45) is 6.57. The van der Waals surface area contributed by atoms with Crippen LogP contribution in [0.2, 0.25) is 0 Å². The summed E-state index contributed by atoms with van der Waals surface area (Å²) in [5, 5.41) is 8.38. The third-order valence-electron chi connectivity index (χ3n) is 4.82. The summed E-state index contributed by atoms with van der Waals surface area (Å²) in [5.41, 5.74) is 9.71. The molecule has 1 aliphatic carbocycles. The number of H-pyrrole nitrogens is 1. The van der Waals surface area contributed by atoms with Crippen LogP contribution in [-0.4, -0.2) is 58.3 Å². The highest BCUT2D eigenvalue weighted by Gasteiger charge is 2.31. The number of anilines is 1. The Bertz CT molecular complexity index is 689. The second kappa shape index (κ2) is 5.46. The molecular formula is C17H26N6. The molecule has 0 amide bonds. The highest BCUT2D eigenvalue weighted by Crippen LogP contribution is 2.46. The Morgan fingerprint density at radius 3 is 2.61 bits per heavy atom. The van der Waals surface area contributed by atoms with Gasteiger partial charge in [-0.2, -0.15) is 5.10 Å². The summed E-state index contributed by atoms with van der Waals surface area (Å²) in [5.74, 6) is 0.692. The third-order valence-corrected chi connectivity index (χ3v) is 4.82. The molecule has 4 rings (SSSR count). The van der Waals surface area contributed by atoms with Gasteiger partial charge in [-0.25, -0.2) is 4.98 Å². The van der Waals surface area contributed by atoms with E-state index in [2.05, 4.69) is 45.0 Å². The van der Waals surface area contributed by atoms with Gasteiger partial charge < -0.3 is 10.6 Å². The van der Waals surface area contributed by atoms with E-state index in [9.17, 15) is 0 Å². The Hall–Kier alpha value is -1.66. The lowest BCUT2D eigenvalue weighted by Gasteiger charge is -2.39. The number of nitrogens with one attached hydrogen (secondary N) is 1. The van der Waals surface area contributed by atoms with Crippen molar-refractivity contribution >= 4 is 16.7 Å². The first kappa shape index (κ1) is 14.9. The van der Waals surface area contributed by atoms with Crippen LogP contribution in [0, 0.1) is 0 Å². The molecule has 6 heteroatoms. The zero-order valence-electron chi connectivity index (χ0n) is 14.0. The number of fused-ring (bicyclic) bond motifs is 1. The number of pyridine rings is 1. The lowest BCUT2D eigenvalue weighted by molar-refractivity contribution is 0.214. The summed E-state index contributed by atoms with van der Waals surface area (Å²) in [4.78, 5) is 9.54. The van der Waals surface area contributed by atoms with E-state index in [4.69, 9.17) is 5.73 Å². The quantitative estimate of drug-likeness (QED) is 0.898. The Kier molecular flexibility index (Phi) is 3.54. The molecule has 2 fully saturated rings. The van der Waals surface area contributed by atoms with Crippen molar-refractivity contribution in [1.82, 2.24) is 20.1 Å². The average molecular weight is 314 g/mol. The van der Waals surface area contributed by atoms with E-state index in [1.54, 1.807) is 0 Å². The molecule has 1 aliphatic heterocycles. The number of hydrogen-bond donors (Lipinski definition) is 2. The van der Waals surface area contributed by atoms with Crippen LogP contribution in [0.5, 0.6) is 0 Å². The number of nitrogens with two attached hydrogens (primary N) is 1. The Labute approximate surface area is 137 Å². The molecule has 0 aromatic carbocycles. The molecule has 23 heavy (non-hydrogen) atoms. The molecule has 0 atom stereocenters. The van der Waals surface area contributed by atoms with Gasteiger partial charge in [-0.3, -0.25) is 10.00 Å². The fourth-order valence-corrected chi connectivity index (χ4v) is 3.65. The first-order valence-corrected chi connectivity index (χ1v) is 8.59. The molecule has 0 unspecified atom stereocenters. The first-order valence-electron chi connectivity index (χ1n) is 8.59. The monoisotopic (exact) mass is 314 g/mol. The number of hydrogen-bond acceptors (Lipinski definition) is 5. The molecule has 1 saturated carbocycles. The van der Waals surface area contributed by atoms with Crippen molar-refractivity contribution in [3.05, 3.63) is 18.0 Å². The van der Waals surface area contributed by atoms with E-state index >= 15 is 0 Å². The summed E-state index contributed by atoms with van der Waals surface area (Å²) in [6.45, 7) is 9.36. The minimum absolute atomic E-state index is 0.129. The number of nitrogens with zero attached hydrogens (tertiary/aromatic N) is 4. The normalized spacial score (nSPS) is 20.4. The predicted molar refractivity (Wildman–Crippen MR) is 92.8 cm³/mol. The maximum Gasteiger partial charge on any atom is 0.157 e. The molecule has 3 N–H and O–H groups in total. The number of piperazine rings is 1. The van der Waals surface area contributed by atoms with Crippen molar-refractivity contribution in [2.45, 2.75) is 38.1 Å². The number of aromatic amines is 1. The smallest absolute Gasteiger partial charge is 0.157 e. The van der Waals surface area contributed by atoms with Gasteiger partial charge in [0.25, 0.3) is 0 Å². The SMILES string of the molecule is CC(C)(N)CN1CCN(c2c(C3CC3)cnc3[nH]ncc23)CC1. The summed E-state index contributed by atoms with van der Waals surface area (Å²) < 4.78 is 0. The van der Waals surface area contributed by atoms with Crippen molar-refractivity contribution in [3.8, 4) is 0 Å². The van der Waals surface area contributed by atoms with Crippen LogP contribution >= 0.6 is 0 Å². The van der Waals surface area contributed by atoms with Gasteiger partial charge in [0.15, 0.2) is 5.65 Å². The van der Waals surface area contributed by atoms with Crippen LogP contribution in [0.3, 0.4) is 0 Å². The zero-order chi connectivity index (χ0) is 16.0. The van der Waals surface area contributed by atoms with Crippen molar-refractivity contribution in [2.75, 3.05) is 37.6 Å². The first-order chi connectivity index (χ1) is 11.0. The molecule has 0 spiro atoms. The third kappa shape index (κ3) is 3.05. The van der Waals surface area contributed by atoms with Gasteiger partial charge in [0, 0.05) is 44.5 Å². The lowest BCUT2D eigenvalue weighted by atomic mass is 10.0. The molecule has 6 nitrogen and oxygen atoms in total. The largest absolute Gasteiger partial charge is 0.368 e. The standard InChI is InChI=1S/C17H26N6/c1-17(2,18)11-22-5-7-23(8-6-22)15-13(12-3-4-12)9-19-16-14(15)10-20-21-16/h9-10,12H,3-8,11,18H2,1-2H3,(H,19,20,21). The average Bonchev–Trinajstić information content (AvgIpc) is 3.23. The molecular weight excluding hydrogens is 288 g/mol. The highest BCUT2D eigenvalue weighted by molar-refractivity contribution is 5.91. The van der Waals surface area contributed by atoms with Crippen molar-refractivity contribution < 1.29 is 0 Å². The van der Waals surface area contributed by atoms with E-state index in [1.165, 1.54) is 29.5 Å². The highest BCUT2D eigenvalue weighted by atomic mass is 15.3. The lowest BCUT2D eigenvalue weighted by Crippen LogP contribution is -2.53. The molecule has 2 aromatic rings. The van der Waals surface area contributed by atoms with E-state index < -0.39 is 0 Å². The van der Waals surface area contributed by atoms with Crippen LogP contribution in [0.15, 0.2) is 12.4 Å². The van der Waals surface area contributed by atoms with Crippen LogP contribution in [0.25, 0.3) is 11.0 Å². The van der Waals surface area contributed by atoms with E-state index in [1.807, 2.05) is 6.20 Å². The zero-order valence-corrected chi connectivity index (χ0v) is 14.0. The van der Waals surface area contributed by atoms with Crippen LogP contribution < -0.4 is 10.6 Å². The number of rotatable bonds is 4. The second-order valence-corrected chi connectivity index (χ2v) is 7.72. The van der Waals surface area contributed by atoms with Crippen LogP contribution in [0.1, 0.15) is 38.2 Å². The van der Waals surface area contributed by atoms with E-state index in [0.29, 0.717) is 5.92 Å². The van der Waals surface area contributed by atoms with Crippen LogP contribution in [0.4, 0.5) is 5.69 Å². The molecule has 1 saturated heterocycles. The van der Waals surface area contributed by atoms with Gasteiger partial charge in [-0.15, -0.1) is 0 Å². The number of aromatic nitrogens is 3.